The number of carbonyl (C=O) groups excluding carboxylic acids is 1. The van der Waals surface area contributed by atoms with Crippen molar-refractivity contribution in [2.75, 3.05) is 13.1 Å². The maximum absolute atomic E-state index is 12.2. The molecule has 0 spiro atoms. The zero-order chi connectivity index (χ0) is 16.8. The van der Waals surface area contributed by atoms with Gasteiger partial charge in [0.25, 0.3) is 0 Å². The predicted molar refractivity (Wildman–Crippen MR) is 94.6 cm³/mol. The van der Waals surface area contributed by atoms with Crippen LogP contribution in [-0.4, -0.2) is 42.2 Å². The molecule has 1 saturated carbocycles. The number of benzene rings is 1. The van der Waals surface area contributed by atoms with Crippen molar-refractivity contribution in [3.8, 4) is 0 Å². The second-order valence-electron chi connectivity index (χ2n) is 7.02. The van der Waals surface area contributed by atoms with Gasteiger partial charge in [0.05, 0.1) is 0 Å². The molecule has 2 fully saturated rings. The minimum absolute atomic E-state index is 0.202. The molecule has 2 atom stereocenters. The van der Waals surface area contributed by atoms with Crippen molar-refractivity contribution in [2.24, 2.45) is 5.73 Å². The van der Waals surface area contributed by atoms with E-state index in [2.05, 4.69) is 5.32 Å². The zero-order valence-corrected chi connectivity index (χ0v) is 14.3. The summed E-state index contributed by atoms with van der Waals surface area (Å²) in [4.78, 5) is 14.0. The number of carbonyl (C=O) groups is 1. The van der Waals surface area contributed by atoms with E-state index in [1.165, 1.54) is 19.3 Å². The van der Waals surface area contributed by atoms with Crippen molar-refractivity contribution < 1.29 is 9.53 Å². The Morgan fingerprint density at radius 1 is 1.12 bits per heavy atom. The monoisotopic (exact) mass is 331 g/mol. The number of ether oxygens (including phenoxy) is 1. The van der Waals surface area contributed by atoms with Crippen molar-refractivity contribution in [3.63, 3.8) is 0 Å². The van der Waals surface area contributed by atoms with Gasteiger partial charge in [-0.2, -0.15) is 0 Å². The third-order valence-corrected chi connectivity index (χ3v) is 5.23. The number of rotatable bonds is 4. The Kier molecular flexibility index (Phi) is 6.10. The maximum atomic E-state index is 12.2. The third-order valence-electron chi connectivity index (χ3n) is 5.23. The number of piperidine rings is 1. The fraction of sp³-hybridized carbons (Fsp3) is 0.632. The first-order chi connectivity index (χ1) is 11.7. The van der Waals surface area contributed by atoms with Gasteiger partial charge in [0, 0.05) is 31.2 Å². The number of nitrogens with two attached hydrogens (primary N) is 1. The average molecular weight is 331 g/mol. The Morgan fingerprint density at radius 3 is 2.54 bits per heavy atom. The predicted octanol–water partition coefficient (Wildman–Crippen LogP) is 2.65. The van der Waals surface area contributed by atoms with Crippen LogP contribution in [0.15, 0.2) is 30.3 Å². The Morgan fingerprint density at radius 2 is 1.83 bits per heavy atom. The van der Waals surface area contributed by atoms with Gasteiger partial charge >= 0.3 is 6.09 Å². The Hall–Kier alpha value is -1.59. The molecule has 24 heavy (non-hydrogen) atoms. The summed E-state index contributed by atoms with van der Waals surface area (Å²) < 4.78 is 5.42. The van der Waals surface area contributed by atoms with Gasteiger partial charge in [0.1, 0.15) is 6.61 Å². The van der Waals surface area contributed by atoms with Crippen LogP contribution in [-0.2, 0) is 11.3 Å². The van der Waals surface area contributed by atoms with E-state index in [9.17, 15) is 4.79 Å². The number of nitrogens with zero attached hydrogens (tertiary/aromatic N) is 1. The summed E-state index contributed by atoms with van der Waals surface area (Å²) in [6, 6.07) is 11.0. The van der Waals surface area contributed by atoms with E-state index in [4.69, 9.17) is 10.5 Å². The van der Waals surface area contributed by atoms with Crippen LogP contribution in [0.5, 0.6) is 0 Å². The van der Waals surface area contributed by atoms with Gasteiger partial charge in [-0.3, -0.25) is 0 Å². The van der Waals surface area contributed by atoms with E-state index in [1.807, 2.05) is 35.2 Å². The summed E-state index contributed by atoms with van der Waals surface area (Å²) >= 11 is 0. The molecule has 0 bridgehead atoms. The van der Waals surface area contributed by atoms with Gasteiger partial charge in [-0.1, -0.05) is 43.2 Å². The fourth-order valence-electron chi connectivity index (χ4n) is 3.71. The van der Waals surface area contributed by atoms with Crippen LogP contribution in [0.4, 0.5) is 4.79 Å². The van der Waals surface area contributed by atoms with E-state index in [0.717, 1.165) is 37.9 Å². The molecule has 1 saturated heterocycles. The molecule has 1 aliphatic carbocycles. The molecule has 1 aromatic carbocycles. The number of nitrogens with one attached hydrogen (secondary N) is 1. The lowest BCUT2D eigenvalue weighted by Crippen LogP contribution is -2.54. The van der Waals surface area contributed by atoms with E-state index in [1.54, 1.807) is 0 Å². The highest BCUT2D eigenvalue weighted by Gasteiger charge is 2.28. The lowest BCUT2D eigenvalue weighted by molar-refractivity contribution is 0.0837. The van der Waals surface area contributed by atoms with Gasteiger partial charge in [0.2, 0.25) is 0 Å². The average Bonchev–Trinajstić information content (AvgIpc) is 2.63. The van der Waals surface area contributed by atoms with Crippen molar-refractivity contribution in [1.82, 2.24) is 10.2 Å². The number of hydrogen-bond donors (Lipinski definition) is 2. The minimum Gasteiger partial charge on any atom is -0.445 e. The minimum atomic E-state index is -0.202. The number of amides is 1. The molecule has 0 radical (unpaired) electrons. The number of hydrogen-bond acceptors (Lipinski definition) is 4. The molecule has 3 N–H and O–H groups in total. The van der Waals surface area contributed by atoms with E-state index >= 15 is 0 Å². The van der Waals surface area contributed by atoms with E-state index in [0.29, 0.717) is 18.7 Å². The van der Waals surface area contributed by atoms with E-state index < -0.39 is 0 Å². The molecular formula is C19H29N3O2. The lowest BCUT2D eigenvalue weighted by atomic mass is 9.89. The van der Waals surface area contributed by atoms with Crippen molar-refractivity contribution in [2.45, 2.75) is 63.3 Å². The topological polar surface area (TPSA) is 67.6 Å². The van der Waals surface area contributed by atoms with Gasteiger partial charge in [-0.25, -0.2) is 4.79 Å². The van der Waals surface area contributed by atoms with Crippen LogP contribution < -0.4 is 11.1 Å². The van der Waals surface area contributed by atoms with Crippen LogP contribution in [0.2, 0.25) is 0 Å². The molecular weight excluding hydrogens is 302 g/mol. The summed E-state index contributed by atoms with van der Waals surface area (Å²) in [5.74, 6) is 0. The molecule has 0 aromatic heterocycles. The fourth-order valence-corrected chi connectivity index (χ4v) is 3.71. The molecule has 1 heterocycles. The van der Waals surface area contributed by atoms with Crippen molar-refractivity contribution in [3.05, 3.63) is 35.9 Å². The Bertz CT molecular complexity index is 515. The van der Waals surface area contributed by atoms with Crippen LogP contribution in [0.3, 0.4) is 0 Å². The summed E-state index contributed by atoms with van der Waals surface area (Å²) in [6.45, 7) is 1.86. The number of likely N-dealkylation sites (tertiary alicyclic amines) is 1. The summed E-state index contributed by atoms with van der Waals surface area (Å²) in [5, 5.41) is 3.72. The van der Waals surface area contributed by atoms with Crippen LogP contribution in [0, 0.1) is 0 Å². The Labute approximate surface area is 144 Å². The molecule has 132 valence electrons. The second kappa shape index (κ2) is 8.49. The molecule has 5 nitrogen and oxygen atoms in total. The highest BCUT2D eigenvalue weighted by molar-refractivity contribution is 5.67. The Balaban J connectivity index is 1.39. The quantitative estimate of drug-likeness (QED) is 0.890. The molecule has 3 rings (SSSR count). The van der Waals surface area contributed by atoms with Crippen molar-refractivity contribution in [1.29, 1.82) is 0 Å². The zero-order valence-electron chi connectivity index (χ0n) is 14.3. The summed E-state index contributed by atoms with van der Waals surface area (Å²) in [7, 11) is 0. The van der Waals surface area contributed by atoms with Crippen LogP contribution in [0.25, 0.3) is 0 Å². The molecule has 1 aromatic rings. The van der Waals surface area contributed by atoms with Crippen molar-refractivity contribution >= 4 is 6.09 Å². The summed E-state index contributed by atoms with van der Waals surface area (Å²) in [6.07, 6.45) is 6.59. The molecule has 5 heteroatoms. The normalized spacial score (nSPS) is 25.5. The third kappa shape index (κ3) is 4.71. The highest BCUT2D eigenvalue weighted by atomic mass is 16.6. The lowest BCUT2D eigenvalue weighted by Gasteiger charge is -2.37. The van der Waals surface area contributed by atoms with E-state index in [-0.39, 0.29) is 12.1 Å². The van der Waals surface area contributed by atoms with Crippen LogP contribution >= 0.6 is 0 Å². The summed E-state index contributed by atoms with van der Waals surface area (Å²) in [5.41, 5.74) is 7.24. The highest BCUT2D eigenvalue weighted by Crippen LogP contribution is 2.20. The van der Waals surface area contributed by atoms with Crippen LogP contribution in [0.1, 0.15) is 44.1 Å². The standard InChI is InChI=1S/C19H29N3O2/c20-17-8-4-5-9-18(17)21-16-10-12-22(13-11-16)19(23)24-14-15-6-2-1-3-7-15/h1-3,6-7,16-18,21H,4-5,8-14,20H2/t17-,18+/m1/s1. The second-order valence-corrected chi connectivity index (χ2v) is 7.02. The molecule has 2 aliphatic rings. The smallest absolute Gasteiger partial charge is 0.410 e. The molecule has 1 amide bonds. The maximum Gasteiger partial charge on any atom is 0.410 e. The van der Waals surface area contributed by atoms with Gasteiger partial charge in [0.15, 0.2) is 0 Å². The van der Waals surface area contributed by atoms with Gasteiger partial charge < -0.3 is 20.7 Å². The van der Waals surface area contributed by atoms with Gasteiger partial charge in [-0.15, -0.1) is 0 Å². The SMILES string of the molecule is N[C@@H]1CCCC[C@@H]1NC1CCN(C(=O)OCc2ccccc2)CC1. The van der Waals surface area contributed by atoms with Gasteiger partial charge in [-0.05, 0) is 31.2 Å². The first kappa shape index (κ1) is 17.2. The largest absolute Gasteiger partial charge is 0.445 e. The first-order valence-electron chi connectivity index (χ1n) is 9.19. The molecule has 1 aliphatic heterocycles. The first-order valence-corrected chi connectivity index (χ1v) is 9.19. The molecule has 0 unspecified atom stereocenters.